The maximum Gasteiger partial charge on any atom is 0.306 e. The number of carbonyl (C=O) groups excluding carboxylic acids is 1. The molecule has 0 aliphatic heterocycles. The van der Waals surface area contributed by atoms with Gasteiger partial charge in [-0.05, 0) is 17.5 Å². The van der Waals surface area contributed by atoms with E-state index in [1.165, 1.54) is 0 Å². The van der Waals surface area contributed by atoms with Gasteiger partial charge in [0.1, 0.15) is 0 Å². The van der Waals surface area contributed by atoms with Crippen LogP contribution in [0.3, 0.4) is 0 Å². The first-order valence-electron chi connectivity index (χ1n) is 5.11. The molecule has 0 saturated heterocycles. The van der Waals surface area contributed by atoms with Gasteiger partial charge >= 0.3 is 5.97 Å². The molecular weight excluding hydrogens is 206 g/mol. The standard InChI is InChI=1S/C12H15NO3/c1-9(12(15)16)6-10-2-4-11(5-3-10)7-13-8-14/h2-5,8-9H,6-7H2,1H3,(H,13,14)(H,15,16)/t9-/m0/s1. The summed E-state index contributed by atoms with van der Waals surface area (Å²) in [5, 5.41) is 11.3. The van der Waals surface area contributed by atoms with E-state index in [0.29, 0.717) is 19.4 Å². The quantitative estimate of drug-likeness (QED) is 0.709. The second-order valence-electron chi connectivity index (χ2n) is 3.76. The fourth-order valence-corrected chi connectivity index (χ4v) is 1.39. The SMILES string of the molecule is C[C@@H](Cc1ccc(CNC=O)cc1)C(=O)O. The van der Waals surface area contributed by atoms with Crippen molar-refractivity contribution in [3.05, 3.63) is 35.4 Å². The normalized spacial score (nSPS) is 11.8. The summed E-state index contributed by atoms with van der Waals surface area (Å²) in [5.41, 5.74) is 1.99. The number of amides is 1. The lowest BCUT2D eigenvalue weighted by Gasteiger charge is -2.07. The Bertz CT molecular complexity index is 359. The largest absolute Gasteiger partial charge is 0.481 e. The van der Waals surface area contributed by atoms with Crippen LogP contribution in [0.2, 0.25) is 0 Å². The Kier molecular flexibility index (Phi) is 4.51. The van der Waals surface area contributed by atoms with Crippen LogP contribution in [0.5, 0.6) is 0 Å². The van der Waals surface area contributed by atoms with Crippen molar-refractivity contribution >= 4 is 12.4 Å². The van der Waals surface area contributed by atoms with Gasteiger partial charge in [0, 0.05) is 6.54 Å². The van der Waals surface area contributed by atoms with E-state index in [1.54, 1.807) is 6.92 Å². The molecule has 0 heterocycles. The monoisotopic (exact) mass is 221 g/mol. The van der Waals surface area contributed by atoms with E-state index in [4.69, 9.17) is 5.11 Å². The van der Waals surface area contributed by atoms with Crippen molar-refractivity contribution in [3.8, 4) is 0 Å². The van der Waals surface area contributed by atoms with Crippen LogP contribution in [0.4, 0.5) is 0 Å². The highest BCUT2D eigenvalue weighted by Crippen LogP contribution is 2.10. The maximum absolute atomic E-state index is 10.7. The van der Waals surface area contributed by atoms with Crippen LogP contribution < -0.4 is 5.32 Å². The van der Waals surface area contributed by atoms with E-state index in [0.717, 1.165) is 11.1 Å². The number of benzene rings is 1. The van der Waals surface area contributed by atoms with Crippen LogP contribution in [-0.2, 0) is 22.6 Å². The topological polar surface area (TPSA) is 66.4 Å². The Labute approximate surface area is 94.3 Å². The van der Waals surface area contributed by atoms with Gasteiger partial charge in [-0.15, -0.1) is 0 Å². The number of carboxylic acids is 1. The average Bonchev–Trinajstić information content (AvgIpc) is 2.28. The van der Waals surface area contributed by atoms with Crippen molar-refractivity contribution in [3.63, 3.8) is 0 Å². The lowest BCUT2D eigenvalue weighted by Crippen LogP contribution is -2.12. The predicted molar refractivity (Wildman–Crippen MR) is 59.8 cm³/mol. The first-order chi connectivity index (χ1) is 7.63. The van der Waals surface area contributed by atoms with Crippen molar-refractivity contribution in [1.29, 1.82) is 0 Å². The third-order valence-corrected chi connectivity index (χ3v) is 2.38. The molecule has 0 bridgehead atoms. The van der Waals surface area contributed by atoms with Crippen LogP contribution in [-0.4, -0.2) is 17.5 Å². The number of carbonyl (C=O) groups is 2. The van der Waals surface area contributed by atoms with Crippen molar-refractivity contribution in [1.82, 2.24) is 5.32 Å². The number of hydrogen-bond donors (Lipinski definition) is 2. The van der Waals surface area contributed by atoms with E-state index in [-0.39, 0.29) is 5.92 Å². The number of aliphatic carboxylic acids is 1. The van der Waals surface area contributed by atoms with Gasteiger partial charge < -0.3 is 10.4 Å². The van der Waals surface area contributed by atoms with Gasteiger partial charge in [0.05, 0.1) is 5.92 Å². The zero-order valence-corrected chi connectivity index (χ0v) is 9.14. The van der Waals surface area contributed by atoms with Gasteiger partial charge in [0.15, 0.2) is 0 Å². The van der Waals surface area contributed by atoms with E-state index < -0.39 is 5.97 Å². The van der Waals surface area contributed by atoms with Crippen LogP contribution in [0.15, 0.2) is 24.3 Å². The molecule has 86 valence electrons. The molecule has 0 aromatic heterocycles. The fourth-order valence-electron chi connectivity index (χ4n) is 1.39. The summed E-state index contributed by atoms with van der Waals surface area (Å²) in [6.45, 7) is 2.18. The second kappa shape index (κ2) is 5.90. The zero-order chi connectivity index (χ0) is 12.0. The minimum absolute atomic E-state index is 0.376. The Hall–Kier alpha value is -1.84. The molecule has 0 spiro atoms. The molecule has 0 saturated carbocycles. The number of nitrogens with one attached hydrogen (secondary N) is 1. The molecule has 0 fully saturated rings. The number of hydrogen-bond acceptors (Lipinski definition) is 2. The Morgan fingerprint density at radius 1 is 1.38 bits per heavy atom. The molecule has 4 nitrogen and oxygen atoms in total. The predicted octanol–water partition coefficient (Wildman–Crippen LogP) is 1.20. The highest BCUT2D eigenvalue weighted by molar-refractivity contribution is 5.69. The third-order valence-electron chi connectivity index (χ3n) is 2.38. The summed E-state index contributed by atoms with van der Waals surface area (Å²) in [6, 6.07) is 7.56. The maximum atomic E-state index is 10.7. The van der Waals surface area contributed by atoms with Crippen molar-refractivity contribution in [2.75, 3.05) is 0 Å². The minimum Gasteiger partial charge on any atom is -0.481 e. The summed E-state index contributed by atoms with van der Waals surface area (Å²) >= 11 is 0. The first-order valence-corrected chi connectivity index (χ1v) is 5.11. The zero-order valence-electron chi connectivity index (χ0n) is 9.14. The van der Waals surface area contributed by atoms with Crippen molar-refractivity contribution in [2.45, 2.75) is 19.9 Å². The van der Waals surface area contributed by atoms with Gasteiger partial charge in [-0.2, -0.15) is 0 Å². The van der Waals surface area contributed by atoms with Gasteiger partial charge in [-0.1, -0.05) is 31.2 Å². The lowest BCUT2D eigenvalue weighted by molar-refractivity contribution is -0.141. The lowest BCUT2D eigenvalue weighted by atomic mass is 10.0. The Morgan fingerprint density at radius 3 is 2.44 bits per heavy atom. The van der Waals surface area contributed by atoms with E-state index >= 15 is 0 Å². The van der Waals surface area contributed by atoms with Crippen LogP contribution in [0, 0.1) is 5.92 Å². The molecule has 1 aromatic rings. The third kappa shape index (κ3) is 3.73. The summed E-state index contributed by atoms with van der Waals surface area (Å²) in [4.78, 5) is 20.8. The molecule has 0 aliphatic rings. The first kappa shape index (κ1) is 12.2. The van der Waals surface area contributed by atoms with Crippen LogP contribution in [0.25, 0.3) is 0 Å². The molecule has 1 atom stereocenters. The van der Waals surface area contributed by atoms with Gasteiger partial charge in [-0.25, -0.2) is 0 Å². The molecular formula is C12H15NO3. The molecule has 2 N–H and O–H groups in total. The van der Waals surface area contributed by atoms with Gasteiger partial charge in [-0.3, -0.25) is 9.59 Å². The molecule has 0 aliphatic carbocycles. The number of carboxylic acid groups (broad SMARTS) is 1. The summed E-state index contributed by atoms with van der Waals surface area (Å²) in [5.74, 6) is -1.16. The van der Waals surface area contributed by atoms with Gasteiger partial charge in [0.25, 0.3) is 0 Å². The molecule has 1 aromatic carbocycles. The van der Waals surface area contributed by atoms with Crippen LogP contribution in [0.1, 0.15) is 18.1 Å². The molecule has 1 rings (SSSR count). The Morgan fingerprint density at radius 2 is 1.94 bits per heavy atom. The second-order valence-corrected chi connectivity index (χ2v) is 3.76. The molecule has 16 heavy (non-hydrogen) atoms. The van der Waals surface area contributed by atoms with Crippen molar-refractivity contribution in [2.24, 2.45) is 5.92 Å². The molecule has 4 heteroatoms. The molecule has 1 amide bonds. The van der Waals surface area contributed by atoms with E-state index in [9.17, 15) is 9.59 Å². The average molecular weight is 221 g/mol. The fraction of sp³-hybridized carbons (Fsp3) is 0.333. The summed E-state index contributed by atoms with van der Waals surface area (Å²) < 4.78 is 0. The highest BCUT2D eigenvalue weighted by Gasteiger charge is 2.11. The van der Waals surface area contributed by atoms with Gasteiger partial charge in [0.2, 0.25) is 6.41 Å². The summed E-state index contributed by atoms with van der Waals surface area (Å²) in [7, 11) is 0. The molecule has 0 unspecified atom stereocenters. The Balaban J connectivity index is 2.57. The van der Waals surface area contributed by atoms with E-state index in [1.807, 2.05) is 24.3 Å². The van der Waals surface area contributed by atoms with Crippen molar-refractivity contribution < 1.29 is 14.7 Å². The number of rotatable bonds is 6. The molecule has 0 radical (unpaired) electrons. The summed E-state index contributed by atoms with van der Waals surface area (Å²) in [6.07, 6.45) is 1.18. The minimum atomic E-state index is -0.785. The highest BCUT2D eigenvalue weighted by atomic mass is 16.4. The smallest absolute Gasteiger partial charge is 0.306 e. The van der Waals surface area contributed by atoms with E-state index in [2.05, 4.69) is 5.32 Å². The van der Waals surface area contributed by atoms with Crippen LogP contribution >= 0.6 is 0 Å².